The van der Waals surface area contributed by atoms with Gasteiger partial charge in [0.25, 0.3) is 0 Å². The average molecular weight is 502 g/mol. The van der Waals surface area contributed by atoms with E-state index in [-0.39, 0.29) is 12.5 Å². The third-order valence-corrected chi connectivity index (χ3v) is 8.06. The Kier molecular flexibility index (Phi) is 7.81. The standard InChI is InChI=1S/C22H31N7O3SSi/c1-6-33(30,31)27-18-9-7-17(8-10-18)21-20(13-23)22(25-19-14-24-28(2)15-19)29(26-21)16-32-11-12-34(3,4)5/h7-10,14-15,25,27H,6,11-12,16H2,1-5H3. The van der Waals surface area contributed by atoms with Crippen LogP contribution in [0.3, 0.4) is 0 Å². The van der Waals surface area contributed by atoms with Crippen LogP contribution in [0.1, 0.15) is 12.5 Å². The fourth-order valence-corrected chi connectivity index (χ4v) is 4.49. The summed E-state index contributed by atoms with van der Waals surface area (Å²) in [4.78, 5) is 0. The van der Waals surface area contributed by atoms with Crippen LogP contribution < -0.4 is 10.0 Å². The molecular formula is C22H31N7O3SSi. The maximum absolute atomic E-state index is 11.8. The summed E-state index contributed by atoms with van der Waals surface area (Å²) in [6.07, 6.45) is 3.47. The Labute approximate surface area is 201 Å². The highest BCUT2D eigenvalue weighted by Gasteiger charge is 2.21. The molecule has 0 unspecified atom stereocenters. The van der Waals surface area contributed by atoms with Crippen molar-refractivity contribution in [1.29, 1.82) is 5.26 Å². The summed E-state index contributed by atoms with van der Waals surface area (Å²) in [5, 5.41) is 22.1. The number of hydrogen-bond donors (Lipinski definition) is 2. The highest BCUT2D eigenvalue weighted by molar-refractivity contribution is 7.92. The van der Waals surface area contributed by atoms with E-state index in [0.717, 1.165) is 11.7 Å². The lowest BCUT2D eigenvalue weighted by Crippen LogP contribution is -2.22. The summed E-state index contributed by atoms with van der Waals surface area (Å²) >= 11 is 0. The van der Waals surface area contributed by atoms with Crippen molar-refractivity contribution in [1.82, 2.24) is 19.6 Å². The van der Waals surface area contributed by atoms with E-state index in [4.69, 9.17) is 4.74 Å². The van der Waals surface area contributed by atoms with Gasteiger partial charge in [-0.05, 0) is 25.1 Å². The number of hydrogen-bond acceptors (Lipinski definition) is 7. The molecule has 0 aliphatic carbocycles. The van der Waals surface area contributed by atoms with Gasteiger partial charge in [0.15, 0.2) is 0 Å². The topological polar surface area (TPSA) is 127 Å². The lowest BCUT2D eigenvalue weighted by molar-refractivity contribution is 0.0803. The molecule has 0 bridgehead atoms. The first-order valence-electron chi connectivity index (χ1n) is 11.0. The van der Waals surface area contributed by atoms with E-state index < -0.39 is 18.1 Å². The highest BCUT2D eigenvalue weighted by atomic mass is 32.2. The van der Waals surface area contributed by atoms with Gasteiger partial charge in [-0.2, -0.15) is 15.5 Å². The number of anilines is 3. The Morgan fingerprint density at radius 2 is 1.88 bits per heavy atom. The molecule has 0 aliphatic rings. The molecule has 0 amide bonds. The first-order chi connectivity index (χ1) is 16.0. The largest absolute Gasteiger partial charge is 0.359 e. The van der Waals surface area contributed by atoms with Gasteiger partial charge in [-0.15, -0.1) is 0 Å². The minimum Gasteiger partial charge on any atom is -0.359 e. The monoisotopic (exact) mass is 501 g/mol. The van der Waals surface area contributed by atoms with Gasteiger partial charge < -0.3 is 10.1 Å². The maximum atomic E-state index is 11.8. The van der Waals surface area contributed by atoms with Crippen molar-refractivity contribution in [2.24, 2.45) is 7.05 Å². The highest BCUT2D eigenvalue weighted by Crippen LogP contribution is 2.31. The summed E-state index contributed by atoms with van der Waals surface area (Å²) in [5.74, 6) is 0.494. The van der Waals surface area contributed by atoms with Crippen LogP contribution in [-0.4, -0.2) is 48.4 Å². The Morgan fingerprint density at radius 1 is 1.18 bits per heavy atom. The van der Waals surface area contributed by atoms with Crippen molar-refractivity contribution in [2.75, 3.05) is 22.4 Å². The number of ether oxygens (including phenoxy) is 1. The van der Waals surface area contributed by atoms with Crippen LogP contribution in [-0.2, 0) is 28.5 Å². The van der Waals surface area contributed by atoms with Crippen molar-refractivity contribution in [3.05, 3.63) is 42.2 Å². The van der Waals surface area contributed by atoms with Crippen LogP contribution >= 0.6 is 0 Å². The fraction of sp³-hybridized carbons (Fsp3) is 0.409. The molecule has 182 valence electrons. The maximum Gasteiger partial charge on any atom is 0.232 e. The second-order valence-corrected chi connectivity index (χ2v) is 16.8. The van der Waals surface area contributed by atoms with Crippen molar-refractivity contribution >= 4 is 35.3 Å². The molecule has 0 saturated carbocycles. The molecule has 0 spiro atoms. The number of aryl methyl sites for hydroxylation is 1. The number of aromatic nitrogens is 4. The molecule has 12 heteroatoms. The van der Waals surface area contributed by atoms with Crippen LogP contribution in [0, 0.1) is 11.3 Å². The third-order valence-electron chi connectivity index (χ3n) is 5.05. The normalized spacial score (nSPS) is 11.9. The molecule has 0 fully saturated rings. The molecule has 0 atom stereocenters. The van der Waals surface area contributed by atoms with Gasteiger partial charge in [0.1, 0.15) is 29.9 Å². The quantitative estimate of drug-likeness (QED) is 0.301. The van der Waals surface area contributed by atoms with E-state index in [9.17, 15) is 13.7 Å². The van der Waals surface area contributed by atoms with E-state index in [1.807, 2.05) is 7.05 Å². The lowest BCUT2D eigenvalue weighted by Gasteiger charge is -2.16. The second-order valence-electron chi connectivity index (χ2n) is 9.14. The van der Waals surface area contributed by atoms with Crippen LogP contribution in [0.5, 0.6) is 0 Å². The Bertz CT molecular complexity index is 1270. The Hall–Kier alpha value is -3.14. The molecule has 0 saturated heterocycles. The van der Waals surface area contributed by atoms with E-state index in [1.54, 1.807) is 52.9 Å². The second kappa shape index (κ2) is 10.4. The van der Waals surface area contributed by atoms with Crippen molar-refractivity contribution < 1.29 is 13.2 Å². The number of sulfonamides is 1. The minimum atomic E-state index is -3.38. The van der Waals surface area contributed by atoms with Gasteiger partial charge in [0, 0.05) is 39.2 Å². The first kappa shape index (κ1) is 25.5. The molecule has 1 aromatic carbocycles. The first-order valence-corrected chi connectivity index (χ1v) is 16.3. The molecule has 0 aliphatic heterocycles. The van der Waals surface area contributed by atoms with Gasteiger partial charge >= 0.3 is 0 Å². The molecule has 34 heavy (non-hydrogen) atoms. The molecule has 0 radical (unpaired) electrons. The van der Waals surface area contributed by atoms with E-state index >= 15 is 0 Å². The van der Waals surface area contributed by atoms with Gasteiger partial charge in [0.2, 0.25) is 10.0 Å². The summed E-state index contributed by atoms with van der Waals surface area (Å²) in [6, 6.07) is 10.1. The molecule has 10 nitrogen and oxygen atoms in total. The zero-order valence-electron chi connectivity index (χ0n) is 20.2. The molecule has 3 aromatic rings. The number of nitriles is 1. The third kappa shape index (κ3) is 6.69. The minimum absolute atomic E-state index is 0.0151. The average Bonchev–Trinajstić information content (AvgIpc) is 3.34. The lowest BCUT2D eigenvalue weighted by atomic mass is 10.1. The molecule has 3 rings (SSSR count). The number of nitrogens with zero attached hydrogens (tertiary/aromatic N) is 5. The van der Waals surface area contributed by atoms with E-state index in [1.165, 1.54) is 0 Å². The van der Waals surface area contributed by atoms with Crippen LogP contribution in [0.4, 0.5) is 17.2 Å². The summed E-state index contributed by atoms with van der Waals surface area (Å²) in [5.41, 5.74) is 2.70. The van der Waals surface area contributed by atoms with Crippen LogP contribution in [0.2, 0.25) is 25.7 Å². The van der Waals surface area contributed by atoms with E-state index in [2.05, 4.69) is 45.9 Å². The zero-order valence-corrected chi connectivity index (χ0v) is 22.0. The van der Waals surface area contributed by atoms with Gasteiger partial charge in [-0.25, -0.2) is 13.1 Å². The summed E-state index contributed by atoms with van der Waals surface area (Å²) in [6.45, 7) is 9.24. The number of benzene rings is 1. The van der Waals surface area contributed by atoms with Crippen molar-refractivity contribution in [3.63, 3.8) is 0 Å². The molecular weight excluding hydrogens is 470 g/mol. The molecule has 2 N–H and O–H groups in total. The van der Waals surface area contributed by atoms with Crippen LogP contribution in [0.25, 0.3) is 11.3 Å². The Morgan fingerprint density at radius 3 is 2.44 bits per heavy atom. The van der Waals surface area contributed by atoms with Crippen LogP contribution in [0.15, 0.2) is 36.7 Å². The summed E-state index contributed by atoms with van der Waals surface area (Å²) in [7, 11) is -2.80. The number of rotatable bonds is 11. The Balaban J connectivity index is 1.92. The smallest absolute Gasteiger partial charge is 0.232 e. The van der Waals surface area contributed by atoms with Crippen molar-refractivity contribution in [3.8, 4) is 17.3 Å². The SMILES string of the molecule is CCS(=O)(=O)Nc1ccc(-c2nn(COCC[Si](C)(C)C)c(Nc3cnn(C)c3)c2C#N)cc1. The predicted octanol–water partition coefficient (Wildman–Crippen LogP) is 3.97. The summed E-state index contributed by atoms with van der Waals surface area (Å²) < 4.78 is 35.4. The van der Waals surface area contributed by atoms with Gasteiger partial charge in [-0.1, -0.05) is 31.8 Å². The van der Waals surface area contributed by atoms with Crippen molar-refractivity contribution in [2.45, 2.75) is 39.3 Å². The molecule has 2 heterocycles. The molecule has 2 aromatic heterocycles. The van der Waals surface area contributed by atoms with Gasteiger partial charge in [-0.3, -0.25) is 9.40 Å². The zero-order chi connectivity index (χ0) is 24.9. The van der Waals surface area contributed by atoms with E-state index in [0.29, 0.717) is 34.9 Å². The predicted molar refractivity (Wildman–Crippen MR) is 136 cm³/mol. The fourth-order valence-electron chi connectivity index (χ4n) is 3.09. The number of nitrogens with one attached hydrogen (secondary N) is 2. The van der Waals surface area contributed by atoms with Gasteiger partial charge in [0.05, 0.1) is 17.6 Å².